The fraction of sp³-hybridized carbons (Fsp3) is 0.350. The lowest BCUT2D eigenvalue weighted by Crippen LogP contribution is -2.34. The van der Waals surface area contributed by atoms with Crippen molar-refractivity contribution in [2.45, 2.75) is 19.9 Å². The summed E-state index contributed by atoms with van der Waals surface area (Å²) in [7, 11) is 0. The topological polar surface area (TPSA) is 44.4 Å². The number of rotatable bonds is 5. The molecule has 0 unspecified atom stereocenters. The van der Waals surface area contributed by atoms with Gasteiger partial charge in [-0.05, 0) is 55.6 Å². The van der Waals surface area contributed by atoms with Gasteiger partial charge in [0.15, 0.2) is 0 Å². The molecule has 0 spiro atoms. The summed E-state index contributed by atoms with van der Waals surface area (Å²) in [6.45, 7) is 5.94. The summed E-state index contributed by atoms with van der Waals surface area (Å²) in [6.07, 6.45) is 1.13. The van der Waals surface area contributed by atoms with Crippen LogP contribution < -0.4 is 10.6 Å². The fourth-order valence-electron chi connectivity index (χ4n) is 3.12. The standard InChI is InChI=1S/C20H24BrN3O/c1-15-2-4-16(5-3-15)13-24-11-10-17(14-24)12-22-20(25)23-19-8-6-18(21)7-9-19/h2-9,17H,10-14H2,1H3,(H2,22,23,25)/t17-/m0/s1. The summed E-state index contributed by atoms with van der Waals surface area (Å²) < 4.78 is 0.998. The van der Waals surface area contributed by atoms with E-state index in [0.29, 0.717) is 12.5 Å². The Balaban J connectivity index is 1.40. The predicted molar refractivity (Wildman–Crippen MR) is 106 cm³/mol. The molecule has 132 valence electrons. The summed E-state index contributed by atoms with van der Waals surface area (Å²) >= 11 is 3.39. The monoisotopic (exact) mass is 401 g/mol. The van der Waals surface area contributed by atoms with Gasteiger partial charge in [-0.15, -0.1) is 0 Å². The van der Waals surface area contributed by atoms with Gasteiger partial charge in [0.2, 0.25) is 0 Å². The maximum Gasteiger partial charge on any atom is 0.319 e. The largest absolute Gasteiger partial charge is 0.338 e. The van der Waals surface area contributed by atoms with Crippen molar-refractivity contribution in [3.05, 3.63) is 64.1 Å². The molecule has 25 heavy (non-hydrogen) atoms. The van der Waals surface area contributed by atoms with E-state index in [1.54, 1.807) is 0 Å². The summed E-state index contributed by atoms with van der Waals surface area (Å²) in [5, 5.41) is 5.86. The van der Waals surface area contributed by atoms with Gasteiger partial charge in [-0.3, -0.25) is 4.90 Å². The number of urea groups is 1. The number of anilines is 1. The van der Waals surface area contributed by atoms with Gasteiger partial charge in [0, 0.05) is 29.8 Å². The molecule has 0 aliphatic carbocycles. The van der Waals surface area contributed by atoms with Gasteiger partial charge in [0.25, 0.3) is 0 Å². The van der Waals surface area contributed by atoms with Gasteiger partial charge in [-0.25, -0.2) is 4.79 Å². The summed E-state index contributed by atoms with van der Waals surface area (Å²) in [4.78, 5) is 14.5. The van der Waals surface area contributed by atoms with Gasteiger partial charge >= 0.3 is 6.03 Å². The van der Waals surface area contributed by atoms with Gasteiger partial charge in [0.05, 0.1) is 0 Å². The van der Waals surface area contributed by atoms with Crippen molar-refractivity contribution in [2.75, 3.05) is 25.0 Å². The lowest BCUT2D eigenvalue weighted by atomic mass is 10.1. The van der Waals surface area contributed by atoms with Crippen LogP contribution in [0, 0.1) is 12.8 Å². The number of carbonyl (C=O) groups is 1. The zero-order valence-electron chi connectivity index (χ0n) is 14.5. The first-order valence-electron chi connectivity index (χ1n) is 8.67. The third-order valence-electron chi connectivity index (χ3n) is 4.55. The third kappa shape index (κ3) is 5.58. The highest BCUT2D eigenvalue weighted by atomic mass is 79.9. The molecule has 0 radical (unpaired) electrons. The Morgan fingerprint density at radius 3 is 2.60 bits per heavy atom. The van der Waals surface area contributed by atoms with Crippen LogP contribution in [0.25, 0.3) is 0 Å². The van der Waals surface area contributed by atoms with Gasteiger partial charge in [-0.2, -0.15) is 0 Å². The van der Waals surface area contributed by atoms with Crippen molar-refractivity contribution in [1.82, 2.24) is 10.2 Å². The quantitative estimate of drug-likeness (QED) is 0.779. The first-order valence-corrected chi connectivity index (χ1v) is 9.46. The van der Waals surface area contributed by atoms with Crippen LogP contribution in [0.2, 0.25) is 0 Å². The Labute approximate surface area is 157 Å². The molecule has 0 saturated carbocycles. The Kier molecular flexibility index (Phi) is 6.10. The Bertz CT molecular complexity index is 700. The Morgan fingerprint density at radius 1 is 1.16 bits per heavy atom. The smallest absolute Gasteiger partial charge is 0.319 e. The highest BCUT2D eigenvalue weighted by Gasteiger charge is 2.22. The van der Waals surface area contributed by atoms with Crippen molar-refractivity contribution < 1.29 is 4.79 Å². The maximum atomic E-state index is 12.0. The lowest BCUT2D eigenvalue weighted by molar-refractivity contribution is 0.249. The molecule has 1 fully saturated rings. The molecule has 1 saturated heterocycles. The number of aryl methyl sites for hydroxylation is 1. The van der Waals surface area contributed by atoms with Crippen LogP contribution in [0.1, 0.15) is 17.5 Å². The molecule has 4 nitrogen and oxygen atoms in total. The maximum absolute atomic E-state index is 12.0. The molecule has 3 rings (SSSR count). The van der Waals surface area contributed by atoms with E-state index in [1.807, 2.05) is 24.3 Å². The van der Waals surface area contributed by atoms with Crippen molar-refractivity contribution in [3.8, 4) is 0 Å². The second-order valence-electron chi connectivity index (χ2n) is 6.72. The van der Waals surface area contributed by atoms with Crippen LogP contribution in [0.3, 0.4) is 0 Å². The van der Waals surface area contributed by atoms with Crippen LogP contribution in [-0.4, -0.2) is 30.6 Å². The van der Waals surface area contributed by atoms with E-state index in [0.717, 1.165) is 36.2 Å². The average Bonchev–Trinajstić information content (AvgIpc) is 3.05. The molecule has 1 heterocycles. The third-order valence-corrected chi connectivity index (χ3v) is 5.08. The molecular weight excluding hydrogens is 378 g/mol. The Hall–Kier alpha value is -1.85. The van der Waals surface area contributed by atoms with Crippen molar-refractivity contribution in [2.24, 2.45) is 5.92 Å². The molecule has 2 N–H and O–H groups in total. The molecule has 1 atom stereocenters. The minimum Gasteiger partial charge on any atom is -0.338 e. The zero-order valence-corrected chi connectivity index (χ0v) is 16.1. The molecule has 2 amide bonds. The fourth-order valence-corrected chi connectivity index (χ4v) is 3.38. The zero-order chi connectivity index (χ0) is 17.6. The van der Waals surface area contributed by atoms with Crippen LogP contribution in [-0.2, 0) is 6.54 Å². The number of nitrogens with one attached hydrogen (secondary N) is 2. The number of likely N-dealkylation sites (tertiary alicyclic amines) is 1. The number of hydrogen-bond acceptors (Lipinski definition) is 2. The second kappa shape index (κ2) is 8.50. The van der Waals surface area contributed by atoms with Crippen molar-refractivity contribution in [1.29, 1.82) is 0 Å². The summed E-state index contributed by atoms with van der Waals surface area (Å²) in [6, 6.07) is 16.2. The molecule has 0 aromatic heterocycles. The lowest BCUT2D eigenvalue weighted by Gasteiger charge is -2.16. The molecule has 0 bridgehead atoms. The average molecular weight is 402 g/mol. The number of nitrogens with zero attached hydrogens (tertiary/aromatic N) is 1. The van der Waals surface area contributed by atoms with Crippen LogP contribution in [0.15, 0.2) is 53.0 Å². The highest BCUT2D eigenvalue weighted by Crippen LogP contribution is 2.18. The normalized spacial score (nSPS) is 17.4. The first-order chi connectivity index (χ1) is 12.1. The number of carbonyl (C=O) groups excluding carboxylic acids is 1. The summed E-state index contributed by atoms with van der Waals surface area (Å²) in [5.41, 5.74) is 3.45. The van der Waals surface area contributed by atoms with Gasteiger partial charge in [-0.1, -0.05) is 45.8 Å². The SMILES string of the molecule is Cc1ccc(CN2CC[C@@H](CNC(=O)Nc3ccc(Br)cc3)C2)cc1. The minimum atomic E-state index is -0.140. The van der Waals surface area contributed by atoms with Crippen LogP contribution in [0.4, 0.5) is 10.5 Å². The molecule has 2 aromatic carbocycles. The molecule has 1 aliphatic rings. The molecular formula is C20H24BrN3O. The van der Waals surface area contributed by atoms with Crippen molar-refractivity contribution >= 4 is 27.6 Å². The van der Waals surface area contributed by atoms with Crippen LogP contribution in [0.5, 0.6) is 0 Å². The van der Waals surface area contributed by atoms with E-state index >= 15 is 0 Å². The van der Waals surface area contributed by atoms with Gasteiger partial charge < -0.3 is 10.6 Å². The van der Waals surface area contributed by atoms with E-state index < -0.39 is 0 Å². The molecule has 5 heteroatoms. The van der Waals surface area contributed by atoms with E-state index in [-0.39, 0.29) is 6.03 Å². The predicted octanol–water partition coefficient (Wildman–Crippen LogP) is 4.40. The molecule has 1 aliphatic heterocycles. The minimum absolute atomic E-state index is 0.140. The second-order valence-corrected chi connectivity index (χ2v) is 7.63. The number of benzene rings is 2. The van der Waals surface area contributed by atoms with Gasteiger partial charge in [0.1, 0.15) is 0 Å². The van der Waals surface area contributed by atoms with E-state index in [9.17, 15) is 4.79 Å². The van der Waals surface area contributed by atoms with E-state index in [2.05, 4.69) is 62.7 Å². The van der Waals surface area contributed by atoms with Crippen molar-refractivity contribution in [3.63, 3.8) is 0 Å². The van der Waals surface area contributed by atoms with E-state index in [4.69, 9.17) is 0 Å². The first kappa shape index (κ1) is 18.0. The number of hydrogen-bond donors (Lipinski definition) is 2. The molecule has 2 aromatic rings. The number of halogens is 1. The highest BCUT2D eigenvalue weighted by molar-refractivity contribution is 9.10. The summed E-state index contributed by atoms with van der Waals surface area (Å²) in [5.74, 6) is 0.515. The number of amides is 2. The van der Waals surface area contributed by atoms with Crippen LogP contribution >= 0.6 is 15.9 Å². The Morgan fingerprint density at radius 2 is 1.88 bits per heavy atom. The van der Waals surface area contributed by atoms with E-state index in [1.165, 1.54) is 11.1 Å².